The lowest BCUT2D eigenvalue weighted by Crippen LogP contribution is -2.25. The Morgan fingerprint density at radius 1 is 1.19 bits per heavy atom. The molecule has 2 aromatic carbocycles. The first kappa shape index (κ1) is 16.7. The van der Waals surface area contributed by atoms with E-state index in [4.69, 9.17) is 9.47 Å². The molecule has 0 unspecified atom stereocenters. The molecule has 4 nitrogen and oxygen atoms in total. The van der Waals surface area contributed by atoms with E-state index in [1.54, 1.807) is 12.0 Å². The maximum atomic E-state index is 12.9. The molecule has 3 aromatic rings. The maximum absolute atomic E-state index is 12.9. The highest BCUT2D eigenvalue weighted by Crippen LogP contribution is 2.42. The lowest BCUT2D eigenvalue weighted by Gasteiger charge is -2.16. The second kappa shape index (κ2) is 6.84. The highest BCUT2D eigenvalue weighted by Gasteiger charge is 2.23. The minimum atomic E-state index is 0.0256. The van der Waals surface area contributed by atoms with Crippen LogP contribution in [0.15, 0.2) is 54.6 Å². The van der Waals surface area contributed by atoms with Crippen LogP contribution in [-0.2, 0) is 13.2 Å². The number of para-hydroxylation sites is 1. The average Bonchev–Trinajstić information content (AvgIpc) is 3.12. The van der Waals surface area contributed by atoms with Gasteiger partial charge >= 0.3 is 0 Å². The SMILES string of the molecule is COc1ccc(CN(C)C(=O)c2cc3c(s2)-c2ccccc2OC3)cc1. The van der Waals surface area contributed by atoms with Crippen molar-refractivity contribution in [2.24, 2.45) is 0 Å². The molecule has 1 aliphatic rings. The summed E-state index contributed by atoms with van der Waals surface area (Å²) in [7, 11) is 3.47. The Labute approximate surface area is 156 Å². The number of thiophene rings is 1. The lowest BCUT2D eigenvalue weighted by atomic mass is 10.1. The van der Waals surface area contributed by atoms with Crippen molar-refractivity contribution in [2.75, 3.05) is 14.2 Å². The molecule has 0 radical (unpaired) electrons. The Hall–Kier alpha value is -2.79. The van der Waals surface area contributed by atoms with Gasteiger partial charge in [0.05, 0.1) is 12.0 Å². The zero-order valence-corrected chi connectivity index (χ0v) is 15.5. The molecule has 0 saturated carbocycles. The van der Waals surface area contributed by atoms with Gasteiger partial charge in [0.1, 0.15) is 18.1 Å². The summed E-state index contributed by atoms with van der Waals surface area (Å²) >= 11 is 1.54. The third-order valence-corrected chi connectivity index (χ3v) is 5.66. The van der Waals surface area contributed by atoms with Crippen molar-refractivity contribution in [3.05, 3.63) is 70.6 Å². The van der Waals surface area contributed by atoms with Gasteiger partial charge in [0.25, 0.3) is 5.91 Å². The van der Waals surface area contributed by atoms with Crippen LogP contribution in [0.25, 0.3) is 10.4 Å². The van der Waals surface area contributed by atoms with Crippen LogP contribution in [0.2, 0.25) is 0 Å². The fourth-order valence-corrected chi connectivity index (χ4v) is 4.26. The normalized spacial score (nSPS) is 11.9. The second-order valence-electron chi connectivity index (χ2n) is 6.26. The number of ether oxygens (including phenoxy) is 2. The molecule has 0 fully saturated rings. The van der Waals surface area contributed by atoms with Crippen LogP contribution in [-0.4, -0.2) is 25.0 Å². The van der Waals surface area contributed by atoms with Gasteiger partial charge in [-0.05, 0) is 35.9 Å². The Morgan fingerprint density at radius 3 is 2.73 bits per heavy atom. The number of benzene rings is 2. The Bertz CT molecular complexity index is 946. The molecular formula is C21H19NO3S. The molecule has 5 heteroatoms. The average molecular weight is 365 g/mol. The second-order valence-corrected chi connectivity index (χ2v) is 7.31. The molecule has 0 spiro atoms. The lowest BCUT2D eigenvalue weighted by molar-refractivity contribution is 0.0790. The van der Waals surface area contributed by atoms with Crippen molar-refractivity contribution in [3.63, 3.8) is 0 Å². The molecular weight excluding hydrogens is 346 g/mol. The van der Waals surface area contributed by atoms with E-state index < -0.39 is 0 Å². The summed E-state index contributed by atoms with van der Waals surface area (Å²) in [5.41, 5.74) is 3.21. The number of carbonyl (C=O) groups is 1. The largest absolute Gasteiger partial charge is 0.497 e. The zero-order valence-electron chi connectivity index (χ0n) is 14.7. The predicted octanol–water partition coefficient (Wildman–Crippen LogP) is 4.59. The first-order valence-electron chi connectivity index (χ1n) is 8.39. The Kier molecular flexibility index (Phi) is 4.39. The molecule has 0 saturated heterocycles. The highest BCUT2D eigenvalue weighted by molar-refractivity contribution is 7.17. The molecule has 0 N–H and O–H groups in total. The van der Waals surface area contributed by atoms with Gasteiger partial charge in [-0.1, -0.05) is 24.3 Å². The van der Waals surface area contributed by atoms with Gasteiger partial charge in [0.15, 0.2) is 0 Å². The molecule has 0 atom stereocenters. The molecule has 0 aliphatic carbocycles. The first-order valence-corrected chi connectivity index (χ1v) is 9.20. The quantitative estimate of drug-likeness (QED) is 0.679. The number of hydrogen-bond acceptors (Lipinski definition) is 4. The van der Waals surface area contributed by atoms with E-state index in [1.807, 2.05) is 61.6 Å². The molecule has 1 aromatic heterocycles. The molecule has 4 rings (SSSR count). The molecule has 1 amide bonds. The van der Waals surface area contributed by atoms with E-state index in [1.165, 1.54) is 11.3 Å². The topological polar surface area (TPSA) is 38.8 Å². The van der Waals surface area contributed by atoms with Crippen molar-refractivity contribution in [1.82, 2.24) is 4.90 Å². The maximum Gasteiger partial charge on any atom is 0.263 e. The summed E-state index contributed by atoms with van der Waals surface area (Å²) in [6.45, 7) is 1.07. The number of nitrogens with zero attached hydrogens (tertiary/aromatic N) is 1. The number of methoxy groups -OCH3 is 1. The van der Waals surface area contributed by atoms with Crippen LogP contribution < -0.4 is 9.47 Å². The minimum absolute atomic E-state index is 0.0256. The summed E-state index contributed by atoms with van der Waals surface area (Å²) in [6.07, 6.45) is 0. The highest BCUT2D eigenvalue weighted by atomic mass is 32.1. The summed E-state index contributed by atoms with van der Waals surface area (Å²) < 4.78 is 11.0. The molecule has 1 aliphatic heterocycles. The molecule has 132 valence electrons. The van der Waals surface area contributed by atoms with Gasteiger partial charge < -0.3 is 14.4 Å². The van der Waals surface area contributed by atoms with Crippen molar-refractivity contribution in [2.45, 2.75) is 13.2 Å². The van der Waals surface area contributed by atoms with Crippen LogP contribution in [0.5, 0.6) is 11.5 Å². The summed E-state index contributed by atoms with van der Waals surface area (Å²) in [5, 5.41) is 0. The zero-order chi connectivity index (χ0) is 18.1. The summed E-state index contributed by atoms with van der Waals surface area (Å²) in [6, 6.07) is 17.7. The number of fused-ring (bicyclic) bond motifs is 3. The van der Waals surface area contributed by atoms with Crippen molar-refractivity contribution >= 4 is 17.2 Å². The van der Waals surface area contributed by atoms with Crippen LogP contribution in [0.3, 0.4) is 0 Å². The van der Waals surface area contributed by atoms with Gasteiger partial charge in [-0.2, -0.15) is 0 Å². The first-order chi connectivity index (χ1) is 12.7. The van der Waals surface area contributed by atoms with E-state index >= 15 is 0 Å². The molecule has 26 heavy (non-hydrogen) atoms. The van der Waals surface area contributed by atoms with Gasteiger partial charge in [-0.3, -0.25) is 4.79 Å². The number of carbonyl (C=O) groups excluding carboxylic acids is 1. The van der Waals surface area contributed by atoms with E-state index in [9.17, 15) is 4.79 Å². The van der Waals surface area contributed by atoms with Gasteiger partial charge in [0, 0.05) is 29.6 Å². The van der Waals surface area contributed by atoms with Crippen molar-refractivity contribution < 1.29 is 14.3 Å². The van der Waals surface area contributed by atoms with Crippen molar-refractivity contribution in [1.29, 1.82) is 0 Å². The van der Waals surface area contributed by atoms with Gasteiger partial charge in [-0.15, -0.1) is 11.3 Å². The minimum Gasteiger partial charge on any atom is -0.497 e. The van der Waals surface area contributed by atoms with E-state index in [0.29, 0.717) is 13.2 Å². The predicted molar refractivity (Wildman–Crippen MR) is 103 cm³/mol. The van der Waals surface area contributed by atoms with E-state index in [2.05, 4.69) is 0 Å². The third-order valence-electron chi connectivity index (χ3n) is 4.46. The number of rotatable bonds is 4. The van der Waals surface area contributed by atoms with E-state index in [-0.39, 0.29) is 5.91 Å². The van der Waals surface area contributed by atoms with Gasteiger partial charge in [0.2, 0.25) is 0 Å². The van der Waals surface area contributed by atoms with E-state index in [0.717, 1.165) is 37.9 Å². The standard InChI is InChI=1S/C21H19NO3S/c1-22(12-14-7-9-16(24-2)10-8-14)21(23)19-11-15-13-25-18-6-4-3-5-17(18)20(15)26-19/h3-11H,12-13H2,1-2H3. The Morgan fingerprint density at radius 2 is 1.96 bits per heavy atom. The fraction of sp³-hybridized carbons (Fsp3) is 0.190. The third kappa shape index (κ3) is 3.06. The van der Waals surface area contributed by atoms with Crippen LogP contribution in [0, 0.1) is 0 Å². The number of hydrogen-bond donors (Lipinski definition) is 0. The van der Waals surface area contributed by atoms with Crippen LogP contribution in [0.4, 0.5) is 0 Å². The number of amides is 1. The summed E-state index contributed by atoms with van der Waals surface area (Å²) in [4.78, 5) is 16.5. The van der Waals surface area contributed by atoms with Crippen LogP contribution >= 0.6 is 11.3 Å². The summed E-state index contributed by atoms with van der Waals surface area (Å²) in [5.74, 6) is 1.72. The molecule has 2 heterocycles. The Balaban J connectivity index is 1.54. The fourth-order valence-electron chi connectivity index (χ4n) is 3.07. The smallest absolute Gasteiger partial charge is 0.263 e. The monoisotopic (exact) mass is 365 g/mol. The van der Waals surface area contributed by atoms with Crippen LogP contribution in [0.1, 0.15) is 20.8 Å². The molecule has 0 bridgehead atoms. The van der Waals surface area contributed by atoms with Crippen molar-refractivity contribution in [3.8, 4) is 21.9 Å². The van der Waals surface area contributed by atoms with Gasteiger partial charge in [-0.25, -0.2) is 0 Å².